The zero-order valence-electron chi connectivity index (χ0n) is 16.2. The topological polar surface area (TPSA) is 136 Å². The fourth-order valence-corrected chi connectivity index (χ4v) is 3.72. The molecule has 4 rings (SSSR count). The van der Waals surface area contributed by atoms with Crippen molar-refractivity contribution in [2.45, 2.75) is 4.90 Å². The Kier molecular flexibility index (Phi) is 5.59. The Balaban J connectivity index is 1.67. The molecule has 0 atom stereocenters. The maximum Gasteiger partial charge on any atom is 0.238 e. The molecule has 158 valence electrons. The molecule has 2 aromatic carbocycles. The Labute approximate surface area is 183 Å². The summed E-state index contributed by atoms with van der Waals surface area (Å²) < 4.78 is 28.4. The Morgan fingerprint density at radius 3 is 2.77 bits per heavy atom. The highest BCUT2D eigenvalue weighted by Crippen LogP contribution is 2.34. The monoisotopic (exact) mass is 456 g/mol. The zero-order valence-corrected chi connectivity index (χ0v) is 17.8. The quantitative estimate of drug-likeness (QED) is 0.403. The standard InChI is InChI=1S/C20H17ClN6O3S/c1-30-18-9-12(5-6-16(18)21)19-15(11-24-27-19)17-7-8-23-20(26-17)25-13-3-2-4-14(10-13)31(22,28)29/h2-11H,1H3,(H,24,27)(H2,22,28,29)(H,23,25,26). The summed E-state index contributed by atoms with van der Waals surface area (Å²) in [5, 5.41) is 15.9. The SMILES string of the molecule is COc1cc(-c2n[nH]cc2-c2ccnc(Nc3cccc(S(N)(=O)=O)c3)n2)ccc1Cl. The van der Waals surface area contributed by atoms with E-state index in [0.717, 1.165) is 11.1 Å². The number of ether oxygens (including phenoxy) is 1. The van der Waals surface area contributed by atoms with Crippen molar-refractivity contribution in [3.63, 3.8) is 0 Å². The summed E-state index contributed by atoms with van der Waals surface area (Å²) in [7, 11) is -2.27. The number of sulfonamides is 1. The molecule has 31 heavy (non-hydrogen) atoms. The van der Waals surface area contributed by atoms with Crippen LogP contribution in [-0.2, 0) is 10.0 Å². The van der Waals surface area contributed by atoms with E-state index in [1.165, 1.54) is 12.1 Å². The van der Waals surface area contributed by atoms with Crippen LogP contribution in [0.15, 0.2) is 65.8 Å². The third-order valence-corrected chi connectivity index (χ3v) is 5.64. The smallest absolute Gasteiger partial charge is 0.238 e. The summed E-state index contributed by atoms with van der Waals surface area (Å²) in [5.74, 6) is 0.817. The van der Waals surface area contributed by atoms with E-state index in [9.17, 15) is 8.42 Å². The highest BCUT2D eigenvalue weighted by atomic mass is 35.5. The molecule has 0 aliphatic rings. The van der Waals surface area contributed by atoms with Crippen LogP contribution in [0.25, 0.3) is 22.5 Å². The first-order chi connectivity index (χ1) is 14.8. The second-order valence-corrected chi connectivity index (χ2v) is 8.43. The molecule has 0 saturated carbocycles. The Hall–Kier alpha value is -3.47. The van der Waals surface area contributed by atoms with Gasteiger partial charge in [0.2, 0.25) is 16.0 Å². The van der Waals surface area contributed by atoms with Gasteiger partial charge in [0.15, 0.2) is 0 Å². The third kappa shape index (κ3) is 4.50. The number of benzene rings is 2. The normalized spacial score (nSPS) is 11.3. The lowest BCUT2D eigenvalue weighted by Gasteiger charge is -2.09. The average molecular weight is 457 g/mol. The molecule has 2 aromatic heterocycles. The minimum Gasteiger partial charge on any atom is -0.495 e. The number of primary sulfonamides is 1. The van der Waals surface area contributed by atoms with E-state index in [1.807, 2.05) is 6.07 Å². The van der Waals surface area contributed by atoms with E-state index in [-0.39, 0.29) is 10.8 Å². The van der Waals surface area contributed by atoms with Crippen LogP contribution in [-0.4, -0.2) is 35.7 Å². The number of rotatable bonds is 6. The molecule has 4 aromatic rings. The fraction of sp³-hybridized carbons (Fsp3) is 0.0500. The van der Waals surface area contributed by atoms with Crippen molar-refractivity contribution >= 4 is 33.3 Å². The van der Waals surface area contributed by atoms with Crippen molar-refractivity contribution < 1.29 is 13.2 Å². The lowest BCUT2D eigenvalue weighted by molar-refractivity contribution is 0.415. The number of hydrogen-bond donors (Lipinski definition) is 3. The fourth-order valence-electron chi connectivity index (χ4n) is 2.96. The largest absolute Gasteiger partial charge is 0.495 e. The molecule has 0 unspecified atom stereocenters. The van der Waals surface area contributed by atoms with Crippen molar-refractivity contribution in [1.29, 1.82) is 0 Å². The van der Waals surface area contributed by atoms with Crippen molar-refractivity contribution in [3.8, 4) is 28.3 Å². The molecule has 9 nitrogen and oxygen atoms in total. The predicted molar refractivity (Wildman–Crippen MR) is 118 cm³/mol. The lowest BCUT2D eigenvalue weighted by Crippen LogP contribution is -2.12. The Morgan fingerprint density at radius 1 is 1.16 bits per heavy atom. The van der Waals surface area contributed by atoms with Gasteiger partial charge in [0, 0.05) is 29.2 Å². The molecule has 0 spiro atoms. The van der Waals surface area contributed by atoms with E-state index >= 15 is 0 Å². The molecular weight excluding hydrogens is 440 g/mol. The number of H-pyrrole nitrogens is 1. The van der Waals surface area contributed by atoms with Gasteiger partial charge in [-0.25, -0.2) is 23.5 Å². The van der Waals surface area contributed by atoms with Crippen LogP contribution in [0, 0.1) is 0 Å². The second kappa shape index (κ2) is 8.34. The van der Waals surface area contributed by atoms with E-state index in [2.05, 4.69) is 25.5 Å². The van der Waals surface area contributed by atoms with Crippen molar-refractivity contribution in [2.75, 3.05) is 12.4 Å². The number of methoxy groups -OCH3 is 1. The maximum absolute atomic E-state index is 11.6. The number of aromatic nitrogens is 4. The molecule has 2 heterocycles. The summed E-state index contributed by atoms with van der Waals surface area (Å²) in [6.07, 6.45) is 3.32. The molecule has 0 aliphatic carbocycles. The molecule has 0 amide bonds. The molecule has 0 fully saturated rings. The maximum atomic E-state index is 11.6. The van der Waals surface area contributed by atoms with E-state index in [1.54, 1.807) is 49.8 Å². The van der Waals surface area contributed by atoms with E-state index in [0.29, 0.717) is 27.8 Å². The molecule has 0 bridgehead atoms. The van der Waals surface area contributed by atoms with E-state index in [4.69, 9.17) is 21.5 Å². The van der Waals surface area contributed by atoms with Gasteiger partial charge in [-0.3, -0.25) is 5.10 Å². The lowest BCUT2D eigenvalue weighted by atomic mass is 10.1. The number of nitrogens with two attached hydrogens (primary N) is 1. The van der Waals surface area contributed by atoms with Crippen molar-refractivity contribution in [1.82, 2.24) is 20.2 Å². The van der Waals surface area contributed by atoms with Crippen LogP contribution in [0.5, 0.6) is 5.75 Å². The van der Waals surface area contributed by atoms with Gasteiger partial charge in [-0.1, -0.05) is 23.7 Å². The Bertz CT molecular complexity index is 1360. The van der Waals surface area contributed by atoms with Gasteiger partial charge < -0.3 is 10.1 Å². The summed E-state index contributed by atoms with van der Waals surface area (Å²) >= 11 is 6.12. The summed E-state index contributed by atoms with van der Waals surface area (Å²) in [4.78, 5) is 8.72. The molecule has 4 N–H and O–H groups in total. The molecule has 0 saturated heterocycles. The average Bonchev–Trinajstić information content (AvgIpc) is 3.24. The first-order valence-corrected chi connectivity index (χ1v) is 10.9. The van der Waals surface area contributed by atoms with Crippen molar-refractivity contribution in [2.24, 2.45) is 5.14 Å². The number of halogens is 1. The molecule has 11 heteroatoms. The van der Waals surface area contributed by atoms with Gasteiger partial charge in [-0.2, -0.15) is 5.10 Å². The number of aromatic amines is 1. The summed E-state index contributed by atoms with van der Waals surface area (Å²) in [5.41, 5.74) is 3.30. The number of anilines is 2. The molecule has 0 radical (unpaired) electrons. The second-order valence-electron chi connectivity index (χ2n) is 6.46. The van der Waals surface area contributed by atoms with Crippen LogP contribution in [0.4, 0.5) is 11.6 Å². The number of nitrogens with zero attached hydrogens (tertiary/aromatic N) is 3. The molecular formula is C20H17ClN6O3S. The highest BCUT2D eigenvalue weighted by Gasteiger charge is 2.15. The highest BCUT2D eigenvalue weighted by molar-refractivity contribution is 7.89. The van der Waals surface area contributed by atoms with Gasteiger partial charge in [0.05, 0.1) is 22.7 Å². The minimum atomic E-state index is -3.82. The predicted octanol–water partition coefficient (Wildman–Crippen LogP) is 3.59. The molecule has 0 aliphatic heterocycles. The van der Waals surface area contributed by atoms with Gasteiger partial charge in [0.1, 0.15) is 11.4 Å². The number of hydrogen-bond acceptors (Lipinski definition) is 7. The van der Waals surface area contributed by atoms with Gasteiger partial charge in [-0.15, -0.1) is 0 Å². The summed E-state index contributed by atoms with van der Waals surface area (Å²) in [6, 6.07) is 13.2. The van der Waals surface area contributed by atoms with Gasteiger partial charge >= 0.3 is 0 Å². The third-order valence-electron chi connectivity index (χ3n) is 4.42. The van der Waals surface area contributed by atoms with Crippen LogP contribution in [0.1, 0.15) is 0 Å². The number of nitrogens with one attached hydrogen (secondary N) is 2. The van der Waals surface area contributed by atoms with Gasteiger partial charge in [-0.05, 0) is 36.4 Å². The van der Waals surface area contributed by atoms with Crippen molar-refractivity contribution in [3.05, 3.63) is 65.9 Å². The zero-order chi connectivity index (χ0) is 22.0. The van der Waals surface area contributed by atoms with Gasteiger partial charge in [0.25, 0.3) is 0 Å². The van der Waals surface area contributed by atoms with Crippen LogP contribution in [0.3, 0.4) is 0 Å². The van der Waals surface area contributed by atoms with E-state index < -0.39 is 10.0 Å². The first kappa shape index (κ1) is 20.8. The summed E-state index contributed by atoms with van der Waals surface area (Å²) in [6.45, 7) is 0. The van der Waals surface area contributed by atoms with Crippen LogP contribution >= 0.6 is 11.6 Å². The minimum absolute atomic E-state index is 0.0116. The first-order valence-electron chi connectivity index (χ1n) is 8.96. The van der Waals surface area contributed by atoms with Crippen LogP contribution in [0.2, 0.25) is 5.02 Å². The Morgan fingerprint density at radius 2 is 2.00 bits per heavy atom. The van der Waals surface area contributed by atoms with Crippen LogP contribution < -0.4 is 15.2 Å².